The molecule has 2 amide bonds. The summed E-state index contributed by atoms with van der Waals surface area (Å²) < 4.78 is 11.9. The normalized spacial score (nSPS) is 22.5. The number of amidine groups is 1. The third kappa shape index (κ3) is 7.46. The van der Waals surface area contributed by atoms with Crippen LogP contribution >= 0.6 is 11.3 Å². The molecule has 254 valence electrons. The highest BCUT2D eigenvalue weighted by molar-refractivity contribution is 7.16. The van der Waals surface area contributed by atoms with Crippen molar-refractivity contribution in [1.29, 1.82) is 10.7 Å². The Morgan fingerprint density at radius 1 is 1.19 bits per heavy atom. The molecule has 47 heavy (non-hydrogen) atoms. The van der Waals surface area contributed by atoms with Crippen LogP contribution in [0.15, 0.2) is 6.07 Å². The van der Waals surface area contributed by atoms with Crippen molar-refractivity contribution < 1.29 is 19.1 Å². The number of ether oxygens (including phenoxy) is 2. The number of hydrogen-bond donors (Lipinski definition) is 3. The van der Waals surface area contributed by atoms with Crippen molar-refractivity contribution in [1.82, 2.24) is 25.1 Å². The van der Waals surface area contributed by atoms with Crippen molar-refractivity contribution in [3.05, 3.63) is 27.8 Å². The number of aromatic nitrogens is 2. The largest absolute Gasteiger partial charge is 0.459 e. The first kappa shape index (κ1) is 34.4. The number of aryl methyl sites for hydroxylation is 1. The molecule has 2 saturated heterocycles. The van der Waals surface area contributed by atoms with E-state index in [9.17, 15) is 14.9 Å². The summed E-state index contributed by atoms with van der Waals surface area (Å²) in [4.78, 5) is 43.0. The Morgan fingerprint density at radius 3 is 2.64 bits per heavy atom. The SMILES string of the molecule is C[C@H](Oc1nc(C(=N)NC(=O)[C@@]2(C)CCCc3sc(N)c(C#N)c32)cc(N2CCCN(C(=O)OC(C)(C)C)CC2)n1)[C@@H]1CCCN1C. The van der Waals surface area contributed by atoms with E-state index in [1.807, 2.05) is 39.5 Å². The number of likely N-dealkylation sites (tertiary alicyclic amines) is 1. The Bertz CT molecular complexity index is 1560. The number of carbonyl (C=O) groups is 2. The number of likely N-dealkylation sites (N-methyl/N-ethyl adjacent to an activating group) is 1. The molecule has 2 aromatic rings. The molecule has 0 radical (unpaired) electrons. The average molecular weight is 666 g/mol. The van der Waals surface area contributed by atoms with Crippen molar-refractivity contribution in [2.45, 2.75) is 96.3 Å². The Kier molecular flexibility index (Phi) is 9.98. The second kappa shape index (κ2) is 13.6. The van der Waals surface area contributed by atoms with Gasteiger partial charge in [-0.15, -0.1) is 11.3 Å². The van der Waals surface area contributed by atoms with Crippen molar-refractivity contribution >= 4 is 40.0 Å². The van der Waals surface area contributed by atoms with E-state index in [1.54, 1.807) is 11.0 Å². The van der Waals surface area contributed by atoms with E-state index < -0.39 is 11.0 Å². The van der Waals surface area contributed by atoms with E-state index in [-0.39, 0.29) is 41.7 Å². The summed E-state index contributed by atoms with van der Waals surface area (Å²) in [6.07, 6.45) is 4.29. The molecular weight excluding hydrogens is 618 g/mol. The summed E-state index contributed by atoms with van der Waals surface area (Å²) in [7, 11) is 2.08. The Balaban J connectivity index is 1.41. The highest BCUT2D eigenvalue weighted by Crippen LogP contribution is 2.45. The minimum atomic E-state index is -1.02. The smallest absolute Gasteiger partial charge is 0.410 e. The number of hydrogen-bond acceptors (Lipinski definition) is 12. The van der Waals surface area contributed by atoms with Crippen LogP contribution in [0.3, 0.4) is 0 Å². The van der Waals surface area contributed by atoms with Crippen LogP contribution in [-0.2, 0) is 21.4 Å². The Labute approximate surface area is 280 Å². The second-order valence-electron chi connectivity index (χ2n) is 14.0. The quantitative estimate of drug-likeness (QED) is 0.302. The Hall–Kier alpha value is -3.96. The van der Waals surface area contributed by atoms with Crippen LogP contribution < -0.4 is 20.7 Å². The van der Waals surface area contributed by atoms with Crippen LogP contribution in [0.1, 0.15) is 88.4 Å². The first-order valence-electron chi connectivity index (χ1n) is 16.4. The molecule has 0 saturated carbocycles. The number of rotatable bonds is 6. The number of nitrogens with two attached hydrogens (primary N) is 1. The van der Waals surface area contributed by atoms with Gasteiger partial charge in [-0.3, -0.25) is 15.1 Å². The number of nitrogens with one attached hydrogen (secondary N) is 2. The van der Waals surface area contributed by atoms with Crippen molar-refractivity contribution in [3.63, 3.8) is 0 Å². The lowest BCUT2D eigenvalue weighted by Crippen LogP contribution is -2.47. The molecule has 0 unspecified atom stereocenters. The number of nitriles is 1. The molecule has 0 spiro atoms. The molecule has 0 aromatic carbocycles. The predicted molar refractivity (Wildman–Crippen MR) is 181 cm³/mol. The molecule has 2 fully saturated rings. The zero-order valence-corrected chi connectivity index (χ0v) is 29.1. The van der Waals surface area contributed by atoms with Gasteiger partial charge in [0.25, 0.3) is 0 Å². The number of carbonyl (C=O) groups excluding carboxylic acids is 2. The van der Waals surface area contributed by atoms with E-state index in [1.165, 1.54) is 11.3 Å². The lowest BCUT2D eigenvalue weighted by molar-refractivity contribution is -0.125. The number of anilines is 2. The van der Waals surface area contributed by atoms with Crippen LogP contribution in [0.5, 0.6) is 6.01 Å². The summed E-state index contributed by atoms with van der Waals surface area (Å²) in [5, 5.41) is 22.0. The van der Waals surface area contributed by atoms with Gasteiger partial charge < -0.3 is 30.3 Å². The number of fused-ring (bicyclic) bond motifs is 1. The standard InChI is InChI=1S/C33H47N9O4S/c1-20(23-10-8-13-40(23)6)45-30-37-22(18-25(38-30)41-14-9-15-42(17-16-41)31(44)46-32(2,3)4)27(35)39-29(43)33(5)12-7-11-24-26(33)21(19-34)28(36)47-24/h18,20,23H,7-17,36H2,1-6H3,(H2,35,39,43)/t20-,23-,33-/m0/s1. The molecule has 13 nitrogen and oxygen atoms in total. The van der Waals surface area contributed by atoms with Crippen LogP contribution in [-0.4, -0.2) is 95.1 Å². The zero-order chi connectivity index (χ0) is 34.1. The fraction of sp³-hybridized carbons (Fsp3) is 0.636. The maximum absolute atomic E-state index is 13.9. The monoisotopic (exact) mass is 665 g/mol. The van der Waals surface area contributed by atoms with Gasteiger partial charge in [0.05, 0.1) is 11.0 Å². The van der Waals surface area contributed by atoms with E-state index in [4.69, 9.17) is 25.6 Å². The predicted octanol–water partition coefficient (Wildman–Crippen LogP) is 4.04. The van der Waals surface area contributed by atoms with Crippen LogP contribution in [0, 0.1) is 16.7 Å². The van der Waals surface area contributed by atoms with Gasteiger partial charge >= 0.3 is 12.1 Å². The zero-order valence-electron chi connectivity index (χ0n) is 28.3. The van der Waals surface area contributed by atoms with Crippen LogP contribution in [0.2, 0.25) is 0 Å². The molecule has 3 atom stereocenters. The van der Waals surface area contributed by atoms with Gasteiger partial charge in [-0.1, -0.05) is 0 Å². The van der Waals surface area contributed by atoms with Gasteiger partial charge in [-0.05, 0) is 86.7 Å². The van der Waals surface area contributed by atoms with Crippen molar-refractivity contribution in [2.75, 3.05) is 50.4 Å². The number of amides is 2. The molecule has 14 heteroatoms. The van der Waals surface area contributed by atoms with E-state index in [2.05, 4.69) is 28.3 Å². The lowest BCUT2D eigenvalue weighted by Gasteiger charge is -2.33. The van der Waals surface area contributed by atoms with E-state index in [0.29, 0.717) is 61.0 Å². The van der Waals surface area contributed by atoms with Gasteiger partial charge in [0, 0.05) is 48.7 Å². The maximum Gasteiger partial charge on any atom is 0.410 e. The van der Waals surface area contributed by atoms with Crippen LogP contribution in [0.4, 0.5) is 15.6 Å². The van der Waals surface area contributed by atoms with Crippen LogP contribution in [0.25, 0.3) is 0 Å². The van der Waals surface area contributed by atoms with Gasteiger partial charge in [-0.25, -0.2) is 4.79 Å². The van der Waals surface area contributed by atoms with Gasteiger partial charge in [0.1, 0.15) is 34.3 Å². The number of nitrogen functional groups attached to an aromatic ring is 1. The molecule has 4 N–H and O–H groups in total. The lowest BCUT2D eigenvalue weighted by atomic mass is 9.72. The second-order valence-corrected chi connectivity index (χ2v) is 15.1. The highest BCUT2D eigenvalue weighted by atomic mass is 32.1. The average Bonchev–Trinajstić information content (AvgIpc) is 3.48. The van der Waals surface area contributed by atoms with Gasteiger partial charge in [0.15, 0.2) is 5.84 Å². The molecule has 5 rings (SSSR count). The minimum Gasteiger partial charge on any atom is -0.459 e. The molecular formula is C33H47N9O4S. The topological polar surface area (TPSA) is 174 Å². The molecule has 2 aliphatic heterocycles. The number of thiophene rings is 1. The maximum atomic E-state index is 13.9. The fourth-order valence-corrected chi connectivity index (χ4v) is 8.01. The minimum absolute atomic E-state index is 0.126. The molecule has 3 aliphatic rings. The molecule has 4 heterocycles. The molecule has 1 aliphatic carbocycles. The first-order valence-corrected chi connectivity index (χ1v) is 17.2. The van der Waals surface area contributed by atoms with E-state index in [0.717, 1.165) is 37.1 Å². The summed E-state index contributed by atoms with van der Waals surface area (Å²) in [5.74, 6) is -0.0240. The third-order valence-corrected chi connectivity index (χ3v) is 10.4. The Morgan fingerprint density at radius 2 is 1.96 bits per heavy atom. The summed E-state index contributed by atoms with van der Waals surface area (Å²) in [6, 6.07) is 4.21. The molecule has 2 aromatic heterocycles. The summed E-state index contributed by atoms with van der Waals surface area (Å²) in [6.45, 7) is 12.5. The summed E-state index contributed by atoms with van der Waals surface area (Å²) >= 11 is 1.36. The van der Waals surface area contributed by atoms with Gasteiger partial charge in [-0.2, -0.15) is 15.2 Å². The van der Waals surface area contributed by atoms with Gasteiger partial charge in [0.2, 0.25) is 5.91 Å². The van der Waals surface area contributed by atoms with Crippen molar-refractivity contribution in [2.24, 2.45) is 0 Å². The molecule has 0 bridgehead atoms. The highest BCUT2D eigenvalue weighted by Gasteiger charge is 2.43. The summed E-state index contributed by atoms with van der Waals surface area (Å²) in [5.41, 5.74) is 5.78. The van der Waals surface area contributed by atoms with E-state index >= 15 is 0 Å². The third-order valence-electron chi connectivity index (χ3n) is 9.32. The first-order chi connectivity index (χ1) is 22.2. The number of nitrogens with zero attached hydrogens (tertiary/aromatic N) is 6. The van der Waals surface area contributed by atoms with Crippen molar-refractivity contribution in [3.8, 4) is 12.1 Å². The fourth-order valence-electron chi connectivity index (χ4n) is 6.82.